The van der Waals surface area contributed by atoms with Crippen LogP contribution in [0.1, 0.15) is 18.4 Å². The maximum absolute atomic E-state index is 13.9. The summed E-state index contributed by atoms with van der Waals surface area (Å²) in [5.74, 6) is 1.04. The minimum absolute atomic E-state index is 0.365. The number of halogens is 1. The van der Waals surface area contributed by atoms with E-state index >= 15 is 0 Å². The third kappa shape index (κ3) is 5.29. The molecule has 1 fully saturated rings. The summed E-state index contributed by atoms with van der Waals surface area (Å²) in [6, 6.07) is 8.03. The van der Waals surface area contributed by atoms with E-state index in [1.807, 2.05) is 13.0 Å². The Morgan fingerprint density at radius 2 is 2.06 bits per heavy atom. The van der Waals surface area contributed by atoms with Crippen molar-refractivity contribution in [3.05, 3.63) is 48.0 Å². The zero-order valence-corrected chi connectivity index (χ0v) is 18.4. The van der Waals surface area contributed by atoms with Crippen molar-refractivity contribution in [1.29, 1.82) is 0 Å². The number of hydrogen-bond donors (Lipinski definition) is 2. The van der Waals surface area contributed by atoms with E-state index in [1.165, 1.54) is 18.5 Å². The molecule has 1 unspecified atom stereocenters. The van der Waals surface area contributed by atoms with Crippen LogP contribution in [0.2, 0.25) is 0 Å². The summed E-state index contributed by atoms with van der Waals surface area (Å²) in [6.45, 7) is 3.89. The molecule has 0 amide bonds. The molecule has 0 radical (unpaired) electrons. The summed E-state index contributed by atoms with van der Waals surface area (Å²) in [7, 11) is -1.65. The number of thiol groups is 1. The van der Waals surface area contributed by atoms with E-state index in [2.05, 4.69) is 19.6 Å². The van der Waals surface area contributed by atoms with Gasteiger partial charge in [-0.2, -0.15) is 0 Å². The van der Waals surface area contributed by atoms with Crippen LogP contribution >= 0.6 is 0 Å². The zero-order valence-electron chi connectivity index (χ0n) is 17.5. The van der Waals surface area contributed by atoms with Gasteiger partial charge in [0, 0.05) is 41.5 Å². The van der Waals surface area contributed by atoms with Crippen LogP contribution in [-0.4, -0.2) is 40.3 Å². The van der Waals surface area contributed by atoms with Crippen molar-refractivity contribution in [2.45, 2.75) is 19.8 Å². The molecule has 1 atom stereocenters. The fraction of sp³-hybridized carbons (Fsp3) is 0.364. The molecule has 1 aliphatic rings. The Labute approximate surface area is 182 Å². The Hall–Kier alpha value is -2.78. The summed E-state index contributed by atoms with van der Waals surface area (Å²) in [6.07, 6.45) is 4.87. The minimum atomic E-state index is -1.65. The average molecular weight is 445 g/mol. The van der Waals surface area contributed by atoms with Crippen LogP contribution < -0.4 is 10.1 Å². The van der Waals surface area contributed by atoms with E-state index in [0.29, 0.717) is 41.0 Å². The molecule has 4 rings (SSSR count). The van der Waals surface area contributed by atoms with E-state index in [-0.39, 0.29) is 5.82 Å². The summed E-state index contributed by atoms with van der Waals surface area (Å²) < 4.78 is 40.9. The Bertz CT molecular complexity index is 1170. The average Bonchev–Trinajstić information content (AvgIpc) is 2.74. The van der Waals surface area contributed by atoms with Crippen LogP contribution in [0.25, 0.3) is 10.9 Å². The molecular weight excluding hydrogens is 419 g/mol. The van der Waals surface area contributed by atoms with Crippen molar-refractivity contribution in [3.8, 4) is 5.75 Å². The molecule has 164 valence electrons. The second-order valence-corrected chi connectivity index (χ2v) is 8.70. The van der Waals surface area contributed by atoms with E-state index in [4.69, 9.17) is 9.47 Å². The first-order valence-corrected chi connectivity index (χ1v) is 11.8. The van der Waals surface area contributed by atoms with E-state index in [9.17, 15) is 8.60 Å². The highest BCUT2D eigenvalue weighted by atomic mass is 32.2. The molecule has 0 aliphatic carbocycles. The van der Waals surface area contributed by atoms with Crippen molar-refractivity contribution in [2.75, 3.05) is 31.4 Å². The number of anilines is 2. The molecule has 3 aromatic rings. The van der Waals surface area contributed by atoms with Gasteiger partial charge in [-0.15, -0.1) is 0 Å². The van der Waals surface area contributed by atoms with Crippen LogP contribution in [0, 0.1) is 18.7 Å². The maximum atomic E-state index is 13.9. The molecule has 1 aliphatic heterocycles. The minimum Gasteiger partial charge on any atom is -0.491 e. The topological polar surface area (TPSA) is 85.7 Å². The van der Waals surface area contributed by atoms with Gasteiger partial charge in [0.2, 0.25) is 0 Å². The first-order chi connectivity index (χ1) is 15.0. The molecule has 9 heteroatoms. The number of fused-ring (bicyclic) bond motifs is 1. The van der Waals surface area contributed by atoms with Crippen LogP contribution in [0.4, 0.5) is 21.6 Å². The number of benzene rings is 2. The number of rotatable bonds is 6. The number of ether oxygens (including phenoxy) is 2. The van der Waals surface area contributed by atoms with Crippen molar-refractivity contribution in [1.82, 2.24) is 9.97 Å². The van der Waals surface area contributed by atoms with Gasteiger partial charge in [-0.3, -0.25) is 4.21 Å². The third-order valence-corrected chi connectivity index (χ3v) is 5.70. The molecule has 0 bridgehead atoms. The Morgan fingerprint density at radius 3 is 2.84 bits per heavy atom. The van der Waals surface area contributed by atoms with Gasteiger partial charge in [0.1, 0.15) is 23.7 Å². The summed E-state index contributed by atoms with van der Waals surface area (Å²) in [4.78, 5) is 8.73. The van der Waals surface area contributed by atoms with Gasteiger partial charge in [-0.25, -0.2) is 18.7 Å². The fourth-order valence-electron chi connectivity index (χ4n) is 3.66. The number of nitrogens with one attached hydrogen (secondary N) is 1. The Balaban J connectivity index is 1.64. The number of hydrogen-bond acceptors (Lipinski definition) is 7. The van der Waals surface area contributed by atoms with Crippen LogP contribution in [0.3, 0.4) is 0 Å². The monoisotopic (exact) mass is 444 g/mol. The summed E-state index contributed by atoms with van der Waals surface area (Å²) >= 11 is 0. The highest BCUT2D eigenvalue weighted by molar-refractivity contribution is 7.74. The first kappa shape index (κ1) is 21.5. The maximum Gasteiger partial charge on any atom is 0.145 e. The van der Waals surface area contributed by atoms with Gasteiger partial charge >= 0.3 is 0 Å². The first-order valence-electron chi connectivity index (χ1n) is 10.1. The lowest BCUT2D eigenvalue weighted by molar-refractivity contribution is 0.0498. The molecule has 1 N–H and O–H groups in total. The van der Waals surface area contributed by atoms with Crippen LogP contribution in [-0.2, 0) is 15.3 Å². The predicted molar refractivity (Wildman–Crippen MR) is 121 cm³/mol. The quantitative estimate of drug-likeness (QED) is 0.543. The highest BCUT2D eigenvalue weighted by Gasteiger charge is 2.17. The van der Waals surface area contributed by atoms with Crippen molar-refractivity contribution in [2.24, 2.45) is 10.3 Å². The molecule has 0 saturated carbocycles. The SMILES string of the molecule is Cc1cc(/N=[SH](/C)=O)cc2ncnc(Nc3ccc(F)cc3OCC3CCOCC3)c12. The lowest BCUT2D eigenvalue weighted by Gasteiger charge is -2.23. The molecule has 1 aromatic heterocycles. The standard InChI is InChI=1S/C22H25FN4O3S/c1-14-9-17(27-31(2)28)11-19-21(14)22(25-13-24-19)26-18-4-3-16(23)10-20(18)30-12-15-5-7-29-8-6-15/h3-4,9-11,13,15,31H,5-8,12H2,1-2H3,(H,24,25,26). The van der Waals surface area contributed by atoms with Crippen LogP contribution in [0.15, 0.2) is 41.0 Å². The van der Waals surface area contributed by atoms with Gasteiger partial charge in [-0.1, -0.05) is 0 Å². The third-order valence-electron chi connectivity index (χ3n) is 5.19. The second kappa shape index (κ2) is 9.57. The molecule has 1 saturated heterocycles. The Kier molecular flexibility index (Phi) is 6.62. The summed E-state index contributed by atoms with van der Waals surface area (Å²) in [5.41, 5.74) is 2.81. The lowest BCUT2D eigenvalue weighted by Crippen LogP contribution is -2.21. The lowest BCUT2D eigenvalue weighted by atomic mass is 10.0. The Morgan fingerprint density at radius 1 is 1.26 bits per heavy atom. The van der Waals surface area contributed by atoms with Gasteiger partial charge in [0.05, 0.1) is 23.5 Å². The smallest absolute Gasteiger partial charge is 0.145 e. The number of aromatic nitrogens is 2. The molecule has 2 heterocycles. The van der Waals surface area contributed by atoms with E-state index in [0.717, 1.165) is 37.0 Å². The van der Waals surface area contributed by atoms with E-state index < -0.39 is 10.6 Å². The number of aryl methyl sites for hydroxylation is 1. The van der Waals surface area contributed by atoms with Gasteiger partial charge in [-0.05, 0) is 55.5 Å². The normalized spacial score (nSPS) is 15.8. The van der Waals surface area contributed by atoms with Crippen molar-refractivity contribution in [3.63, 3.8) is 0 Å². The van der Waals surface area contributed by atoms with Gasteiger partial charge in [0.15, 0.2) is 0 Å². The van der Waals surface area contributed by atoms with Crippen LogP contribution in [0.5, 0.6) is 5.75 Å². The van der Waals surface area contributed by atoms with Crippen molar-refractivity contribution < 1.29 is 18.1 Å². The number of nitrogens with zero attached hydrogens (tertiary/aromatic N) is 3. The molecule has 2 aromatic carbocycles. The summed E-state index contributed by atoms with van der Waals surface area (Å²) in [5, 5.41) is 4.09. The second-order valence-electron chi connectivity index (χ2n) is 7.58. The largest absolute Gasteiger partial charge is 0.491 e. The molecule has 31 heavy (non-hydrogen) atoms. The van der Waals surface area contributed by atoms with E-state index in [1.54, 1.807) is 18.4 Å². The molecule has 0 spiro atoms. The fourth-order valence-corrected chi connectivity index (χ4v) is 4.10. The molecular formula is C22H25FN4O3S. The van der Waals surface area contributed by atoms with Gasteiger partial charge in [0.25, 0.3) is 0 Å². The predicted octanol–water partition coefficient (Wildman–Crippen LogP) is 4.55. The van der Waals surface area contributed by atoms with Gasteiger partial charge < -0.3 is 14.8 Å². The zero-order chi connectivity index (χ0) is 21.8. The van der Waals surface area contributed by atoms with Crippen molar-refractivity contribution >= 4 is 38.7 Å². The highest BCUT2D eigenvalue weighted by Crippen LogP contribution is 2.34. The molecule has 7 nitrogen and oxygen atoms in total.